The van der Waals surface area contributed by atoms with E-state index in [-0.39, 0.29) is 30.9 Å². The van der Waals surface area contributed by atoms with Gasteiger partial charge >= 0.3 is 11.9 Å². The molecule has 0 rings (SSSR count). The molecule has 1 unspecified atom stereocenters. The van der Waals surface area contributed by atoms with E-state index in [0.717, 1.165) is 63.7 Å². The van der Waals surface area contributed by atoms with Gasteiger partial charge in [0.1, 0.15) is 6.61 Å². The predicted octanol–water partition coefficient (Wildman–Crippen LogP) is 10.2. The molecule has 0 heterocycles. The minimum atomic E-state index is -0.806. The number of aliphatic hydroxyl groups excluding tert-OH is 1. The molecule has 256 valence electrons. The van der Waals surface area contributed by atoms with E-state index in [9.17, 15) is 19.5 Å². The first kappa shape index (κ1) is 42.0. The minimum absolute atomic E-state index is 0.109. The quantitative estimate of drug-likeness (QED) is 0.0348. The maximum atomic E-state index is 12.1. The number of hydrogen-bond acceptors (Lipinski definition) is 6. The molecule has 0 saturated carbocycles. The molecule has 0 amide bonds. The summed E-state index contributed by atoms with van der Waals surface area (Å²) in [5.41, 5.74) is 0. The highest BCUT2D eigenvalue weighted by molar-refractivity contribution is 5.89. The summed E-state index contributed by atoms with van der Waals surface area (Å²) in [5.74, 6) is 0.344. The predicted molar refractivity (Wildman–Crippen MR) is 183 cm³/mol. The van der Waals surface area contributed by atoms with Gasteiger partial charge in [-0.2, -0.15) is 0 Å². The molecule has 1 N–H and O–H groups in total. The number of esters is 2. The molecule has 0 aromatic rings. The fraction of sp³-hybridized carbons (Fsp3) is 0.816. The number of ketones is 1. The lowest BCUT2D eigenvalue weighted by Gasteiger charge is -2.15. The molecule has 0 bridgehead atoms. The van der Waals surface area contributed by atoms with E-state index in [0.29, 0.717) is 19.3 Å². The van der Waals surface area contributed by atoms with Crippen molar-refractivity contribution in [1.29, 1.82) is 0 Å². The van der Waals surface area contributed by atoms with Gasteiger partial charge in [0, 0.05) is 19.3 Å². The Morgan fingerprint density at radius 3 is 1.77 bits per heavy atom. The number of rotatable bonds is 32. The highest BCUT2D eigenvalue weighted by Crippen LogP contribution is 2.16. The van der Waals surface area contributed by atoms with Gasteiger partial charge in [-0.05, 0) is 44.1 Å². The summed E-state index contributed by atoms with van der Waals surface area (Å²) < 4.78 is 10.5. The number of hydrogen-bond donors (Lipinski definition) is 1. The molecule has 2 atom stereocenters. The zero-order valence-electron chi connectivity index (χ0n) is 28.8. The second-order valence-electron chi connectivity index (χ2n) is 12.6. The van der Waals surface area contributed by atoms with Crippen LogP contribution in [-0.2, 0) is 23.9 Å². The van der Waals surface area contributed by atoms with E-state index < -0.39 is 6.10 Å². The van der Waals surface area contributed by atoms with E-state index in [1.165, 1.54) is 77.0 Å². The summed E-state index contributed by atoms with van der Waals surface area (Å²) >= 11 is 0. The van der Waals surface area contributed by atoms with E-state index >= 15 is 0 Å². The third kappa shape index (κ3) is 30.1. The van der Waals surface area contributed by atoms with Crippen LogP contribution in [0.1, 0.15) is 175 Å². The van der Waals surface area contributed by atoms with Crippen LogP contribution in [0.4, 0.5) is 0 Å². The number of carbonyl (C=O) groups is 3. The highest BCUT2D eigenvalue weighted by atomic mass is 16.6. The number of allylic oxidation sites excluding steroid dienone is 4. The molecule has 0 aliphatic carbocycles. The molecule has 0 aliphatic rings. The maximum Gasteiger partial charge on any atom is 0.306 e. The molecule has 44 heavy (non-hydrogen) atoms. The van der Waals surface area contributed by atoms with Crippen LogP contribution in [0.2, 0.25) is 0 Å². The molecule has 0 saturated heterocycles. The van der Waals surface area contributed by atoms with Crippen LogP contribution in [0.3, 0.4) is 0 Å². The van der Waals surface area contributed by atoms with Gasteiger partial charge < -0.3 is 14.6 Å². The van der Waals surface area contributed by atoms with Crippen molar-refractivity contribution in [3.05, 3.63) is 24.3 Å². The largest absolute Gasteiger partial charge is 0.462 e. The molecule has 0 aromatic carbocycles. The van der Waals surface area contributed by atoms with E-state index in [2.05, 4.69) is 26.8 Å². The molecular formula is C38H68O6. The number of aliphatic hydroxyl groups is 1. The van der Waals surface area contributed by atoms with Crippen molar-refractivity contribution in [3.8, 4) is 0 Å². The molecule has 0 aliphatic heterocycles. The fourth-order valence-corrected chi connectivity index (χ4v) is 5.04. The number of carbonyl (C=O) groups excluding carboxylic acids is 3. The van der Waals surface area contributed by atoms with Gasteiger partial charge in [-0.3, -0.25) is 14.4 Å². The van der Waals surface area contributed by atoms with Gasteiger partial charge in [0.15, 0.2) is 11.9 Å². The minimum Gasteiger partial charge on any atom is -0.462 e. The van der Waals surface area contributed by atoms with Crippen molar-refractivity contribution in [2.24, 2.45) is 5.92 Å². The van der Waals surface area contributed by atoms with Crippen LogP contribution >= 0.6 is 0 Å². The Bertz CT molecular complexity index is 744. The summed E-state index contributed by atoms with van der Waals surface area (Å²) in [7, 11) is 0. The van der Waals surface area contributed by atoms with Gasteiger partial charge in [0.2, 0.25) is 0 Å². The lowest BCUT2D eigenvalue weighted by atomic mass is 9.99. The first-order valence-electron chi connectivity index (χ1n) is 18.2. The van der Waals surface area contributed by atoms with Crippen LogP contribution in [0.15, 0.2) is 24.3 Å². The third-order valence-corrected chi connectivity index (χ3v) is 8.26. The van der Waals surface area contributed by atoms with Gasteiger partial charge in [-0.1, -0.05) is 142 Å². The zero-order valence-corrected chi connectivity index (χ0v) is 28.8. The van der Waals surface area contributed by atoms with Crippen LogP contribution < -0.4 is 0 Å². The zero-order chi connectivity index (χ0) is 32.5. The van der Waals surface area contributed by atoms with E-state index in [4.69, 9.17) is 9.47 Å². The topological polar surface area (TPSA) is 89.9 Å². The fourth-order valence-electron chi connectivity index (χ4n) is 5.04. The second-order valence-corrected chi connectivity index (χ2v) is 12.6. The Kier molecular flexibility index (Phi) is 31.0. The summed E-state index contributed by atoms with van der Waals surface area (Å²) in [5, 5.41) is 9.52. The van der Waals surface area contributed by atoms with Crippen LogP contribution in [-0.4, -0.2) is 42.1 Å². The SMILES string of the molecule is CCCCC/C=C\C=C\C(=O)CCCCCCCC(=O)OC[C@H](CO)OC(=O)CCCCCCCCCCCCC(C)CC. The second kappa shape index (κ2) is 32.4. The average Bonchev–Trinajstić information content (AvgIpc) is 3.02. The highest BCUT2D eigenvalue weighted by Gasteiger charge is 2.16. The van der Waals surface area contributed by atoms with Crippen molar-refractivity contribution in [3.63, 3.8) is 0 Å². The van der Waals surface area contributed by atoms with Gasteiger partial charge in [0.25, 0.3) is 0 Å². The standard InChI is InChI=1S/C38H68O6/c1-4-6-7-8-13-18-23-28-35(40)29-24-19-16-21-25-30-37(41)43-33-36(32-39)44-38(42)31-26-20-15-12-10-9-11-14-17-22-27-34(3)5-2/h13,18,23,28,34,36,39H,4-12,14-17,19-22,24-27,29-33H2,1-3H3/b18-13-,28-23+/t34?,36-/m0/s1. The van der Waals surface area contributed by atoms with Crippen molar-refractivity contribution in [1.82, 2.24) is 0 Å². The Labute approximate surface area is 270 Å². The van der Waals surface area contributed by atoms with Gasteiger partial charge in [-0.25, -0.2) is 0 Å². The number of ether oxygens (including phenoxy) is 2. The Morgan fingerprint density at radius 1 is 0.659 bits per heavy atom. The molecular weight excluding hydrogens is 552 g/mol. The van der Waals surface area contributed by atoms with E-state index in [1.807, 2.05) is 12.2 Å². The molecule has 0 aromatic heterocycles. The monoisotopic (exact) mass is 621 g/mol. The van der Waals surface area contributed by atoms with Gasteiger partial charge in [-0.15, -0.1) is 0 Å². The normalized spacial score (nSPS) is 13.0. The molecule has 0 spiro atoms. The number of unbranched alkanes of at least 4 members (excludes halogenated alkanes) is 16. The molecule has 6 nitrogen and oxygen atoms in total. The van der Waals surface area contributed by atoms with Crippen LogP contribution in [0, 0.1) is 5.92 Å². The smallest absolute Gasteiger partial charge is 0.306 e. The summed E-state index contributed by atoms with van der Waals surface area (Å²) in [6.07, 6.45) is 31.9. The lowest BCUT2D eigenvalue weighted by Crippen LogP contribution is -2.28. The summed E-state index contributed by atoms with van der Waals surface area (Å²) in [6.45, 7) is 6.33. The van der Waals surface area contributed by atoms with Crippen molar-refractivity contribution < 1.29 is 29.0 Å². The van der Waals surface area contributed by atoms with Crippen LogP contribution in [0.25, 0.3) is 0 Å². The first-order chi connectivity index (χ1) is 21.4. The van der Waals surface area contributed by atoms with Crippen molar-refractivity contribution in [2.75, 3.05) is 13.2 Å². The summed E-state index contributed by atoms with van der Waals surface area (Å²) in [4.78, 5) is 36.1. The Hall–Kier alpha value is -1.95. The molecule has 0 fully saturated rings. The van der Waals surface area contributed by atoms with Crippen LogP contribution in [0.5, 0.6) is 0 Å². The van der Waals surface area contributed by atoms with Crippen molar-refractivity contribution >= 4 is 17.7 Å². The van der Waals surface area contributed by atoms with E-state index in [1.54, 1.807) is 6.08 Å². The maximum absolute atomic E-state index is 12.1. The molecule has 0 radical (unpaired) electrons. The Morgan fingerprint density at radius 2 is 1.20 bits per heavy atom. The van der Waals surface area contributed by atoms with Crippen molar-refractivity contribution in [2.45, 2.75) is 181 Å². The Balaban J connectivity index is 3.67. The first-order valence-corrected chi connectivity index (χ1v) is 18.2. The average molecular weight is 621 g/mol. The lowest BCUT2D eigenvalue weighted by molar-refractivity contribution is -0.161. The third-order valence-electron chi connectivity index (χ3n) is 8.26. The van der Waals surface area contributed by atoms with Gasteiger partial charge in [0.05, 0.1) is 6.61 Å². The molecule has 6 heteroatoms. The summed E-state index contributed by atoms with van der Waals surface area (Å²) in [6, 6.07) is 0.